The number of hydrogen-bond donors (Lipinski definition) is 1. The summed E-state index contributed by atoms with van der Waals surface area (Å²) in [5.41, 5.74) is 3.33. The van der Waals surface area contributed by atoms with E-state index in [1.807, 2.05) is 13.1 Å². The smallest absolute Gasteiger partial charge is 0.422 e. The molecule has 10 heteroatoms. The molecule has 1 N–H and O–H groups in total. The van der Waals surface area contributed by atoms with E-state index in [2.05, 4.69) is 58.2 Å². The van der Waals surface area contributed by atoms with Crippen LogP contribution in [0.25, 0.3) is 5.65 Å². The number of alkyl halides is 3. The zero-order valence-electron chi connectivity index (χ0n) is 20.4. The van der Waals surface area contributed by atoms with Crippen LogP contribution in [0.3, 0.4) is 0 Å². The van der Waals surface area contributed by atoms with Gasteiger partial charge < -0.3 is 15.0 Å². The second kappa shape index (κ2) is 8.57. The van der Waals surface area contributed by atoms with E-state index < -0.39 is 12.8 Å². The average molecular weight is 489 g/mol. The predicted octanol–water partition coefficient (Wildman–Crippen LogP) is 5.00. The Labute approximate surface area is 202 Å². The maximum atomic E-state index is 12.7. The van der Waals surface area contributed by atoms with Crippen LogP contribution in [0.1, 0.15) is 45.0 Å². The number of nitrogens with zero attached hydrogens (tertiary/aromatic N) is 5. The summed E-state index contributed by atoms with van der Waals surface area (Å²) in [4.78, 5) is 11.5. The Morgan fingerprint density at radius 3 is 2.46 bits per heavy atom. The largest absolute Gasteiger partial charge is 0.480 e. The molecule has 3 aromatic heterocycles. The highest BCUT2D eigenvalue weighted by molar-refractivity contribution is 5.57. The van der Waals surface area contributed by atoms with Gasteiger partial charge in [-0.05, 0) is 55.9 Å². The molecule has 1 aliphatic heterocycles. The molecule has 7 nitrogen and oxygen atoms in total. The zero-order valence-corrected chi connectivity index (χ0v) is 20.4. The van der Waals surface area contributed by atoms with Gasteiger partial charge in [0.1, 0.15) is 0 Å². The topological polar surface area (TPSA) is 67.6 Å². The molecule has 188 valence electrons. The fourth-order valence-corrected chi connectivity index (χ4v) is 5.24. The van der Waals surface area contributed by atoms with Crippen LogP contribution in [0.15, 0.2) is 30.5 Å². The number of fused-ring (bicyclic) bond motifs is 3. The molecule has 4 heterocycles. The molecule has 2 aliphatic rings. The van der Waals surface area contributed by atoms with E-state index in [0.717, 1.165) is 37.3 Å². The molecule has 1 aliphatic carbocycles. The number of pyridine rings is 2. The third-order valence-corrected chi connectivity index (χ3v) is 7.04. The van der Waals surface area contributed by atoms with Crippen molar-refractivity contribution < 1.29 is 17.9 Å². The van der Waals surface area contributed by atoms with Crippen molar-refractivity contribution in [2.45, 2.75) is 58.2 Å². The number of piperidine rings is 1. The number of aromatic nitrogens is 4. The lowest BCUT2D eigenvalue weighted by Crippen LogP contribution is -2.48. The lowest BCUT2D eigenvalue weighted by Gasteiger charge is -2.39. The van der Waals surface area contributed by atoms with Crippen molar-refractivity contribution in [2.75, 3.05) is 29.9 Å². The Morgan fingerprint density at radius 2 is 1.80 bits per heavy atom. The Morgan fingerprint density at radius 1 is 1.09 bits per heavy atom. The first-order chi connectivity index (χ1) is 16.5. The highest BCUT2D eigenvalue weighted by Gasteiger charge is 2.43. The molecular formula is C25H31F3N6O. The van der Waals surface area contributed by atoms with Crippen molar-refractivity contribution in [3.8, 4) is 5.75 Å². The monoisotopic (exact) mass is 488 g/mol. The van der Waals surface area contributed by atoms with Gasteiger partial charge >= 0.3 is 6.18 Å². The van der Waals surface area contributed by atoms with Gasteiger partial charge in [-0.15, -0.1) is 5.10 Å². The van der Waals surface area contributed by atoms with E-state index in [-0.39, 0.29) is 22.9 Å². The van der Waals surface area contributed by atoms with Crippen LogP contribution in [0, 0.1) is 18.8 Å². The van der Waals surface area contributed by atoms with Gasteiger partial charge in [-0.3, -0.25) is 4.98 Å². The molecule has 0 amide bonds. The molecule has 35 heavy (non-hydrogen) atoms. The average Bonchev–Trinajstić information content (AvgIpc) is 3.30. The number of hydrogen-bond acceptors (Lipinski definition) is 6. The number of anilines is 2. The highest BCUT2D eigenvalue weighted by Crippen LogP contribution is 2.40. The first kappa shape index (κ1) is 23.7. The first-order valence-electron chi connectivity index (χ1n) is 12.0. The van der Waals surface area contributed by atoms with E-state index >= 15 is 0 Å². The summed E-state index contributed by atoms with van der Waals surface area (Å²) in [6.45, 7) is 8.83. The van der Waals surface area contributed by atoms with Crippen molar-refractivity contribution in [1.82, 2.24) is 19.6 Å². The molecule has 0 radical (unpaired) electrons. The maximum absolute atomic E-state index is 12.7. The number of ether oxygens (including phenoxy) is 1. The van der Waals surface area contributed by atoms with Crippen LogP contribution in [0.2, 0.25) is 0 Å². The molecule has 0 aromatic carbocycles. The highest BCUT2D eigenvalue weighted by atomic mass is 19.4. The summed E-state index contributed by atoms with van der Waals surface area (Å²) in [5, 5.41) is 8.04. The lowest BCUT2D eigenvalue weighted by atomic mass is 9.90. The zero-order chi connectivity index (χ0) is 25.0. The molecule has 0 spiro atoms. The third kappa shape index (κ3) is 4.88. The molecular weight excluding hydrogens is 457 g/mol. The Bertz CT molecular complexity index is 1200. The summed E-state index contributed by atoms with van der Waals surface area (Å²) in [6.07, 6.45) is -0.299. The minimum Gasteiger partial charge on any atom is -0.480 e. The quantitative estimate of drug-likeness (QED) is 0.545. The molecule has 5 rings (SSSR count). The second-order valence-corrected chi connectivity index (χ2v) is 10.7. The Hall–Kier alpha value is -3.04. The maximum Gasteiger partial charge on any atom is 0.422 e. The van der Waals surface area contributed by atoms with Crippen molar-refractivity contribution in [3.63, 3.8) is 0 Å². The lowest BCUT2D eigenvalue weighted by molar-refractivity contribution is -0.153. The number of rotatable bonds is 5. The summed E-state index contributed by atoms with van der Waals surface area (Å²) in [7, 11) is 0. The van der Waals surface area contributed by atoms with E-state index in [0.29, 0.717) is 17.8 Å². The SMILES string of the molecule is Cc1ccc(OCC(F)(F)F)c2nc(N[C@@H]3[C@@H]4CC[C@H]3CN(c3ccnc(C(C)(C)C)c3)C4)nn12. The predicted molar refractivity (Wildman–Crippen MR) is 128 cm³/mol. The van der Waals surface area contributed by atoms with Crippen LogP contribution < -0.4 is 15.0 Å². The van der Waals surface area contributed by atoms with Crippen LogP contribution in [-0.4, -0.2) is 51.5 Å². The number of nitrogens with one attached hydrogen (secondary N) is 1. The minimum absolute atomic E-state index is 0.00946. The van der Waals surface area contributed by atoms with Crippen molar-refractivity contribution in [1.29, 1.82) is 0 Å². The summed E-state index contributed by atoms with van der Waals surface area (Å²) in [6, 6.07) is 7.68. The summed E-state index contributed by atoms with van der Waals surface area (Å²) in [5.74, 6) is 1.34. The van der Waals surface area contributed by atoms with Gasteiger partial charge in [0.2, 0.25) is 5.95 Å². The number of aryl methyl sites for hydroxylation is 1. The van der Waals surface area contributed by atoms with Gasteiger partial charge in [-0.2, -0.15) is 18.2 Å². The third-order valence-electron chi connectivity index (χ3n) is 7.04. The standard InChI is InChI=1S/C25H31F3N6O/c1-15-5-8-19(35-14-25(26,27)28)22-31-23(32-34(15)22)30-21-16-6-7-17(21)13-33(12-16)18-9-10-29-20(11-18)24(2,3)4/h5,8-11,16-17,21H,6-7,12-14H2,1-4H3,(H,30,32)/t16-,17+,21-. The van der Waals surface area contributed by atoms with Gasteiger partial charge in [-0.1, -0.05) is 20.8 Å². The van der Waals surface area contributed by atoms with Gasteiger partial charge in [0.25, 0.3) is 0 Å². The Kier molecular flexibility index (Phi) is 5.80. The normalized spacial score (nSPS) is 22.6. The van der Waals surface area contributed by atoms with Gasteiger partial charge in [0.05, 0.1) is 0 Å². The van der Waals surface area contributed by atoms with E-state index in [9.17, 15) is 13.2 Å². The number of halogens is 3. The van der Waals surface area contributed by atoms with Crippen LogP contribution in [0.5, 0.6) is 5.75 Å². The fourth-order valence-electron chi connectivity index (χ4n) is 5.24. The van der Waals surface area contributed by atoms with Crippen molar-refractivity contribution in [2.24, 2.45) is 11.8 Å². The van der Waals surface area contributed by atoms with E-state index in [4.69, 9.17) is 4.74 Å². The minimum atomic E-state index is -4.42. The summed E-state index contributed by atoms with van der Waals surface area (Å²) >= 11 is 0. The molecule has 3 atom stereocenters. The van der Waals surface area contributed by atoms with Gasteiger partial charge in [-0.25, -0.2) is 4.52 Å². The molecule has 2 bridgehead atoms. The first-order valence-corrected chi connectivity index (χ1v) is 12.0. The molecule has 1 saturated heterocycles. The van der Waals surface area contributed by atoms with Crippen molar-refractivity contribution in [3.05, 3.63) is 41.9 Å². The van der Waals surface area contributed by atoms with Gasteiger partial charge in [0.15, 0.2) is 18.0 Å². The van der Waals surface area contributed by atoms with Crippen LogP contribution in [0.4, 0.5) is 24.8 Å². The van der Waals surface area contributed by atoms with Crippen LogP contribution in [-0.2, 0) is 5.41 Å². The van der Waals surface area contributed by atoms with Crippen molar-refractivity contribution >= 4 is 17.3 Å². The van der Waals surface area contributed by atoms with E-state index in [1.165, 1.54) is 16.3 Å². The van der Waals surface area contributed by atoms with Crippen LogP contribution >= 0.6 is 0 Å². The Balaban J connectivity index is 1.33. The molecule has 3 aromatic rings. The molecule has 0 unspecified atom stereocenters. The second-order valence-electron chi connectivity index (χ2n) is 10.7. The van der Waals surface area contributed by atoms with Gasteiger partial charge in [0, 0.05) is 47.8 Å². The molecule has 2 fully saturated rings. The summed E-state index contributed by atoms with van der Waals surface area (Å²) < 4.78 is 44.6. The molecule has 1 saturated carbocycles. The van der Waals surface area contributed by atoms with E-state index in [1.54, 1.807) is 6.07 Å². The fraction of sp³-hybridized carbons (Fsp3) is 0.560.